The van der Waals surface area contributed by atoms with Crippen molar-refractivity contribution in [2.45, 2.75) is 39.3 Å². The van der Waals surface area contributed by atoms with Crippen molar-refractivity contribution in [1.82, 2.24) is 5.32 Å². The second-order valence-corrected chi connectivity index (χ2v) is 7.39. The highest BCUT2D eigenvalue weighted by Crippen LogP contribution is 2.19. The van der Waals surface area contributed by atoms with Gasteiger partial charge in [0.1, 0.15) is 6.61 Å². The van der Waals surface area contributed by atoms with Gasteiger partial charge in [0.15, 0.2) is 0 Å². The molecule has 0 amide bonds. The molecule has 0 aliphatic carbocycles. The summed E-state index contributed by atoms with van der Waals surface area (Å²) in [6.07, 6.45) is -0.491. The van der Waals surface area contributed by atoms with Crippen molar-refractivity contribution in [3.63, 3.8) is 0 Å². The van der Waals surface area contributed by atoms with Gasteiger partial charge in [-0.25, -0.2) is 19.2 Å². The van der Waals surface area contributed by atoms with Crippen LogP contribution in [0.5, 0.6) is 0 Å². The van der Waals surface area contributed by atoms with Crippen molar-refractivity contribution in [3.05, 3.63) is 69.8 Å². The van der Waals surface area contributed by atoms with Gasteiger partial charge < -0.3 is 23.4 Å². The minimum atomic E-state index is -2.22. The Kier molecular flexibility index (Phi) is 10.8. The van der Waals surface area contributed by atoms with Crippen LogP contribution in [0.4, 0.5) is 0 Å². The molecule has 2 aromatic rings. The van der Waals surface area contributed by atoms with E-state index in [2.05, 4.69) is 5.32 Å². The van der Waals surface area contributed by atoms with Crippen LogP contribution in [0.15, 0.2) is 51.7 Å². The number of ether oxygens (including phenoxy) is 4. The van der Waals surface area contributed by atoms with Crippen LogP contribution in [0.3, 0.4) is 0 Å². The molecule has 1 N–H and O–H groups in total. The standard InChI is InChI=1S/C25H29NO10/c1-4-32-22(29)19-12-18(13-20(27)36-19)14-25(23(30)33-5-2,24(31)34-6-3)26-15-21(28)35-16-17-10-8-7-9-11-17/h7-13,26H,4-6,14-16H2,1-3H3. The van der Waals surface area contributed by atoms with Crippen LogP contribution in [-0.4, -0.2) is 55.8 Å². The zero-order valence-corrected chi connectivity index (χ0v) is 20.4. The number of hydrogen-bond donors (Lipinski definition) is 1. The molecule has 1 aromatic heterocycles. The van der Waals surface area contributed by atoms with E-state index >= 15 is 0 Å². The van der Waals surface area contributed by atoms with Gasteiger partial charge in [-0.1, -0.05) is 30.3 Å². The summed E-state index contributed by atoms with van der Waals surface area (Å²) >= 11 is 0. The fraction of sp³-hybridized carbons (Fsp3) is 0.400. The Morgan fingerprint density at radius 2 is 1.44 bits per heavy atom. The molecule has 36 heavy (non-hydrogen) atoms. The molecule has 0 bridgehead atoms. The molecule has 11 heteroatoms. The van der Waals surface area contributed by atoms with E-state index in [1.165, 1.54) is 19.9 Å². The van der Waals surface area contributed by atoms with Crippen LogP contribution < -0.4 is 10.9 Å². The maximum atomic E-state index is 13.1. The van der Waals surface area contributed by atoms with Gasteiger partial charge in [0.2, 0.25) is 11.3 Å². The first-order valence-electron chi connectivity index (χ1n) is 11.4. The second kappa shape index (κ2) is 13.8. The normalized spacial score (nSPS) is 10.9. The largest absolute Gasteiger partial charge is 0.464 e. The third-order valence-corrected chi connectivity index (χ3v) is 4.80. The van der Waals surface area contributed by atoms with Crippen LogP contribution in [0.1, 0.15) is 42.5 Å². The van der Waals surface area contributed by atoms with Crippen molar-refractivity contribution in [2.75, 3.05) is 26.4 Å². The van der Waals surface area contributed by atoms with E-state index in [9.17, 15) is 24.0 Å². The van der Waals surface area contributed by atoms with Crippen LogP contribution in [0.2, 0.25) is 0 Å². The maximum absolute atomic E-state index is 13.1. The van der Waals surface area contributed by atoms with E-state index in [-0.39, 0.29) is 32.0 Å². The molecule has 2 rings (SSSR count). The first-order valence-corrected chi connectivity index (χ1v) is 11.4. The molecule has 194 valence electrons. The zero-order valence-electron chi connectivity index (χ0n) is 20.4. The van der Waals surface area contributed by atoms with E-state index < -0.39 is 53.8 Å². The highest BCUT2D eigenvalue weighted by atomic mass is 16.6. The number of hydrogen-bond acceptors (Lipinski definition) is 11. The Labute approximate surface area is 207 Å². The topological polar surface area (TPSA) is 147 Å². The number of nitrogens with one attached hydrogen (secondary N) is 1. The van der Waals surface area contributed by atoms with E-state index in [4.69, 9.17) is 23.4 Å². The quantitative estimate of drug-likeness (QED) is 0.241. The lowest BCUT2D eigenvalue weighted by atomic mass is 9.90. The third-order valence-electron chi connectivity index (χ3n) is 4.80. The molecular weight excluding hydrogens is 474 g/mol. The summed E-state index contributed by atoms with van der Waals surface area (Å²) in [5, 5.41) is 2.61. The Balaban J connectivity index is 2.36. The van der Waals surface area contributed by atoms with Crippen LogP contribution in [-0.2, 0) is 46.4 Å². The lowest BCUT2D eigenvalue weighted by Crippen LogP contribution is -2.62. The Hall–Kier alpha value is -3.99. The molecule has 11 nitrogen and oxygen atoms in total. The summed E-state index contributed by atoms with van der Waals surface area (Å²) in [6.45, 7) is 3.96. The van der Waals surface area contributed by atoms with Crippen LogP contribution in [0, 0.1) is 0 Å². The predicted molar refractivity (Wildman–Crippen MR) is 125 cm³/mol. The van der Waals surface area contributed by atoms with E-state index in [1.54, 1.807) is 31.2 Å². The van der Waals surface area contributed by atoms with Gasteiger partial charge in [-0.2, -0.15) is 0 Å². The van der Waals surface area contributed by atoms with Gasteiger partial charge in [0, 0.05) is 12.5 Å². The Bertz CT molecular complexity index is 1090. The highest BCUT2D eigenvalue weighted by molar-refractivity contribution is 6.05. The summed E-state index contributed by atoms with van der Waals surface area (Å²) in [5.41, 5.74) is -2.31. The first-order chi connectivity index (χ1) is 17.2. The average Bonchev–Trinajstić information content (AvgIpc) is 2.86. The van der Waals surface area contributed by atoms with E-state index in [0.717, 1.165) is 11.6 Å². The van der Waals surface area contributed by atoms with Gasteiger partial charge in [-0.3, -0.25) is 10.1 Å². The molecule has 1 heterocycles. The summed E-state index contributed by atoms with van der Waals surface area (Å²) in [7, 11) is 0. The van der Waals surface area contributed by atoms with Gasteiger partial charge in [0.25, 0.3) is 0 Å². The summed E-state index contributed by atoms with van der Waals surface area (Å²) in [5.74, 6) is -4.14. The first kappa shape index (κ1) is 28.2. The molecule has 0 atom stereocenters. The van der Waals surface area contributed by atoms with Crippen molar-refractivity contribution >= 4 is 23.9 Å². The number of carbonyl (C=O) groups is 4. The number of esters is 4. The van der Waals surface area contributed by atoms with Crippen LogP contribution >= 0.6 is 0 Å². The summed E-state index contributed by atoms with van der Waals surface area (Å²) in [4.78, 5) is 62.7. The molecule has 0 fully saturated rings. The monoisotopic (exact) mass is 503 g/mol. The minimum absolute atomic E-state index is 0.0181. The molecule has 0 aliphatic rings. The van der Waals surface area contributed by atoms with Gasteiger partial charge >= 0.3 is 29.5 Å². The minimum Gasteiger partial charge on any atom is -0.464 e. The molecular formula is C25H29NO10. The second-order valence-electron chi connectivity index (χ2n) is 7.39. The lowest BCUT2D eigenvalue weighted by molar-refractivity contribution is -0.166. The van der Waals surface area contributed by atoms with Crippen molar-refractivity contribution in [1.29, 1.82) is 0 Å². The Morgan fingerprint density at radius 3 is 2.03 bits per heavy atom. The SMILES string of the molecule is CCOC(=O)c1cc(CC(NCC(=O)OCc2ccccc2)(C(=O)OCC)C(=O)OCC)cc(=O)o1. The molecule has 0 saturated heterocycles. The van der Waals surface area contributed by atoms with Crippen molar-refractivity contribution in [2.24, 2.45) is 0 Å². The predicted octanol–water partition coefficient (Wildman–Crippen LogP) is 1.56. The van der Waals surface area contributed by atoms with Crippen molar-refractivity contribution in [3.8, 4) is 0 Å². The maximum Gasteiger partial charge on any atom is 0.374 e. The fourth-order valence-corrected chi connectivity index (χ4v) is 3.20. The molecule has 0 aliphatic heterocycles. The van der Waals surface area contributed by atoms with Crippen molar-refractivity contribution < 1.29 is 42.5 Å². The number of carbonyl (C=O) groups excluding carboxylic acids is 4. The van der Waals surface area contributed by atoms with Gasteiger partial charge in [0.05, 0.1) is 26.4 Å². The molecule has 0 radical (unpaired) electrons. The summed E-state index contributed by atoms with van der Waals surface area (Å²) < 4.78 is 25.2. The zero-order chi connectivity index (χ0) is 26.6. The molecule has 0 unspecified atom stereocenters. The fourth-order valence-electron chi connectivity index (χ4n) is 3.20. The lowest BCUT2D eigenvalue weighted by Gasteiger charge is -2.30. The van der Waals surface area contributed by atoms with E-state index in [1.807, 2.05) is 6.07 Å². The smallest absolute Gasteiger partial charge is 0.374 e. The Morgan fingerprint density at radius 1 is 0.833 bits per heavy atom. The summed E-state index contributed by atoms with van der Waals surface area (Å²) in [6, 6.07) is 11.1. The van der Waals surface area contributed by atoms with Gasteiger partial charge in [-0.15, -0.1) is 0 Å². The highest BCUT2D eigenvalue weighted by Gasteiger charge is 2.49. The molecule has 1 aromatic carbocycles. The number of rotatable bonds is 13. The van der Waals surface area contributed by atoms with Gasteiger partial charge in [-0.05, 0) is 38.0 Å². The number of benzene rings is 1. The molecule has 0 saturated carbocycles. The average molecular weight is 504 g/mol. The van der Waals surface area contributed by atoms with Crippen LogP contribution in [0.25, 0.3) is 0 Å². The molecule has 0 spiro atoms. The van der Waals surface area contributed by atoms with E-state index in [0.29, 0.717) is 0 Å². The third kappa shape index (κ3) is 7.77.